The third-order valence-corrected chi connectivity index (χ3v) is 8.92. The standard InChI is InChI=1S/C38H26N8O5.Cu/c1-46-37-26-12-6-7-13-27(26)38(46)45-36-28-16-19(51-20(17-29(47)48)18-30(49)50)14-15-25(28)34(43-36)41-32-22-9-3-2-8-21(22)31(39-32)40-33-23-10-4-5-11-24(23)35(42-33)44-37;/h2-16,20H,17-18H2,1H3,(H3,39,40,41,42,43,44,45,47,48,49,50);/q;+2/p-1. The maximum Gasteiger partial charge on any atom is 2.00 e. The normalized spacial score (nSPS) is 11.7. The van der Waals surface area contributed by atoms with Gasteiger partial charge in [0.1, 0.15) is 23.5 Å². The first-order valence-corrected chi connectivity index (χ1v) is 16.1. The number of aliphatic carboxylic acids is 2. The van der Waals surface area contributed by atoms with Crippen molar-refractivity contribution in [3.63, 3.8) is 0 Å². The molecule has 4 aromatic carbocycles. The number of benzene rings is 4. The van der Waals surface area contributed by atoms with Crippen LogP contribution in [-0.4, -0.2) is 53.2 Å². The van der Waals surface area contributed by atoms with Gasteiger partial charge < -0.3 is 44.9 Å². The molecular weight excluding hydrogens is 712 g/mol. The predicted molar refractivity (Wildman–Crippen MR) is 186 cm³/mol. The van der Waals surface area contributed by atoms with E-state index in [4.69, 9.17) is 39.6 Å². The number of carbonyl (C=O) groups is 2. The zero-order chi connectivity index (χ0) is 34.8. The molecule has 0 fully saturated rings. The fourth-order valence-electron chi connectivity index (χ4n) is 6.64. The van der Waals surface area contributed by atoms with E-state index in [0.29, 0.717) is 56.7 Å². The van der Waals surface area contributed by atoms with Crippen molar-refractivity contribution in [3.05, 3.63) is 91.0 Å². The molecule has 14 heteroatoms. The number of hydrogen-bond acceptors (Lipinski definition) is 8. The van der Waals surface area contributed by atoms with Crippen LogP contribution in [0.25, 0.3) is 89.7 Å². The number of fused-ring (bicyclic) bond motifs is 20. The molecule has 7 aromatic rings. The molecule has 0 saturated heterocycles. The molecule has 0 saturated carbocycles. The smallest absolute Gasteiger partial charge is 0.489 e. The Morgan fingerprint density at radius 1 is 0.615 bits per heavy atom. The summed E-state index contributed by atoms with van der Waals surface area (Å²) in [6, 6.07) is 28.4. The molecule has 52 heavy (non-hydrogen) atoms. The zero-order valence-electron chi connectivity index (χ0n) is 27.2. The van der Waals surface area contributed by atoms with Crippen molar-refractivity contribution < 1.29 is 46.2 Å². The molecule has 3 aromatic heterocycles. The van der Waals surface area contributed by atoms with Crippen molar-refractivity contribution in [2.45, 2.75) is 18.9 Å². The Kier molecular flexibility index (Phi) is 7.97. The number of aromatic nitrogens is 8. The average Bonchev–Trinajstić information content (AvgIpc) is 3.82. The summed E-state index contributed by atoms with van der Waals surface area (Å²) in [5.41, 5.74) is 4.94. The van der Waals surface area contributed by atoms with E-state index in [0.717, 1.165) is 33.0 Å². The topological polar surface area (TPSA) is 180 Å². The molecule has 0 amide bonds. The minimum atomic E-state index is -1.17. The maximum absolute atomic E-state index is 11.5. The Balaban J connectivity index is 0.00000387. The maximum atomic E-state index is 11.5. The second-order valence-corrected chi connectivity index (χ2v) is 12.2. The Labute approximate surface area is 304 Å². The molecule has 9 rings (SSSR count). The summed E-state index contributed by atoms with van der Waals surface area (Å²) in [7, 11) is 1.88. The van der Waals surface area contributed by atoms with Gasteiger partial charge in [-0.25, -0.2) is 4.98 Å². The van der Waals surface area contributed by atoms with Crippen LogP contribution in [0.1, 0.15) is 12.8 Å². The van der Waals surface area contributed by atoms with Gasteiger partial charge in [0.25, 0.3) is 0 Å². The Bertz CT molecular complexity index is 2780. The molecule has 0 atom stereocenters. The second kappa shape index (κ2) is 12.7. The minimum absolute atomic E-state index is 0. The fraction of sp³-hybridized carbons (Fsp3) is 0.105. The van der Waals surface area contributed by atoms with E-state index in [2.05, 4.69) is 0 Å². The molecule has 5 heterocycles. The van der Waals surface area contributed by atoms with E-state index in [1.165, 1.54) is 0 Å². The van der Waals surface area contributed by atoms with Crippen LogP contribution >= 0.6 is 0 Å². The van der Waals surface area contributed by atoms with Gasteiger partial charge in [0, 0.05) is 44.8 Å². The first-order valence-electron chi connectivity index (χ1n) is 16.1. The van der Waals surface area contributed by atoms with Gasteiger partial charge in [-0.1, -0.05) is 72.8 Å². The predicted octanol–water partition coefficient (Wildman–Crippen LogP) is 5.25. The molecule has 0 spiro atoms. The van der Waals surface area contributed by atoms with Crippen LogP contribution < -0.4 is 19.3 Å². The van der Waals surface area contributed by atoms with E-state index in [-0.39, 0.29) is 22.8 Å². The molecule has 2 aliphatic rings. The SMILES string of the molecule is C[n+]1c2nc3[n-]c(nc4nc(nc5[n-]c(nc1-c1ccccc1-2)c1cc(OC(CC(=O)O)CC(=O)O)ccc51)-c1ccccc1-4)c1ccccc31.[Cu+2]. The van der Waals surface area contributed by atoms with Gasteiger partial charge in [0.05, 0.1) is 31.5 Å². The summed E-state index contributed by atoms with van der Waals surface area (Å²) < 4.78 is 7.82. The minimum Gasteiger partial charge on any atom is -0.489 e. The molecule has 13 nitrogen and oxygen atoms in total. The monoisotopic (exact) mass is 736 g/mol. The summed E-state index contributed by atoms with van der Waals surface area (Å²) in [5, 5.41) is 21.7. The van der Waals surface area contributed by atoms with Gasteiger partial charge in [-0.05, 0) is 39.7 Å². The Morgan fingerprint density at radius 2 is 1.06 bits per heavy atom. The fourth-order valence-corrected chi connectivity index (χ4v) is 6.64. The van der Waals surface area contributed by atoms with Gasteiger partial charge in [-0.2, -0.15) is 0 Å². The van der Waals surface area contributed by atoms with E-state index >= 15 is 0 Å². The number of ether oxygens (including phenoxy) is 1. The molecule has 2 aliphatic heterocycles. The molecule has 2 N–H and O–H groups in total. The van der Waals surface area contributed by atoms with E-state index in [9.17, 15) is 19.8 Å². The average molecular weight is 737 g/mol. The Morgan fingerprint density at radius 3 is 1.58 bits per heavy atom. The van der Waals surface area contributed by atoms with E-state index < -0.39 is 30.9 Å². The van der Waals surface area contributed by atoms with Crippen molar-refractivity contribution in [3.8, 4) is 51.3 Å². The van der Waals surface area contributed by atoms with Crippen LogP contribution in [0.2, 0.25) is 0 Å². The molecule has 0 aliphatic carbocycles. The van der Waals surface area contributed by atoms with Crippen LogP contribution in [0.4, 0.5) is 0 Å². The second-order valence-electron chi connectivity index (χ2n) is 12.2. The van der Waals surface area contributed by atoms with Gasteiger partial charge in [0.15, 0.2) is 0 Å². The van der Waals surface area contributed by atoms with Crippen LogP contribution in [0, 0.1) is 0 Å². The largest absolute Gasteiger partial charge is 2.00 e. The molecule has 8 bridgehead atoms. The summed E-state index contributed by atoms with van der Waals surface area (Å²) in [6.45, 7) is 0. The van der Waals surface area contributed by atoms with Crippen LogP contribution in [-0.2, 0) is 33.7 Å². The first kappa shape index (κ1) is 32.7. The van der Waals surface area contributed by atoms with Crippen LogP contribution in [0.15, 0.2) is 91.0 Å². The first-order chi connectivity index (χ1) is 24.8. The van der Waals surface area contributed by atoms with Crippen molar-refractivity contribution in [2.24, 2.45) is 7.05 Å². The number of nitrogens with zero attached hydrogens (tertiary/aromatic N) is 8. The van der Waals surface area contributed by atoms with Crippen molar-refractivity contribution in [2.75, 3.05) is 0 Å². The van der Waals surface area contributed by atoms with E-state index in [1.807, 2.05) is 84.4 Å². The van der Waals surface area contributed by atoms with Crippen LogP contribution in [0.5, 0.6) is 5.75 Å². The van der Waals surface area contributed by atoms with Gasteiger partial charge in [-0.3, -0.25) is 14.2 Å². The summed E-state index contributed by atoms with van der Waals surface area (Å²) in [6.07, 6.45) is -2.06. The quantitative estimate of drug-likeness (QED) is 0.167. The molecule has 0 unspecified atom stereocenters. The number of carboxylic acid groups (broad SMARTS) is 2. The van der Waals surface area contributed by atoms with Gasteiger partial charge in [0.2, 0.25) is 0 Å². The zero-order valence-corrected chi connectivity index (χ0v) is 28.1. The van der Waals surface area contributed by atoms with Gasteiger partial charge >= 0.3 is 29.0 Å². The Hall–Kier alpha value is -6.50. The van der Waals surface area contributed by atoms with Crippen molar-refractivity contribution in [1.29, 1.82) is 0 Å². The summed E-state index contributed by atoms with van der Waals surface area (Å²) in [5.74, 6) is 0.0262. The molecular formula is C38H25CuN8O5+. The van der Waals surface area contributed by atoms with Crippen molar-refractivity contribution >= 4 is 56.1 Å². The van der Waals surface area contributed by atoms with E-state index in [1.54, 1.807) is 18.2 Å². The number of rotatable bonds is 6. The summed E-state index contributed by atoms with van der Waals surface area (Å²) >= 11 is 0. The number of carboxylic acids is 2. The van der Waals surface area contributed by atoms with Crippen molar-refractivity contribution in [1.82, 2.24) is 34.9 Å². The van der Waals surface area contributed by atoms with Crippen LogP contribution in [0.3, 0.4) is 0 Å². The third kappa shape index (κ3) is 5.50. The number of hydrogen-bond donors (Lipinski definition) is 2. The molecule has 1 radical (unpaired) electrons. The molecule has 257 valence electrons. The summed E-state index contributed by atoms with van der Waals surface area (Å²) in [4.78, 5) is 57.8. The third-order valence-electron chi connectivity index (χ3n) is 8.92. The van der Waals surface area contributed by atoms with Gasteiger partial charge in [-0.15, -0.1) is 0 Å².